The Kier molecular flexibility index (Phi) is 4.66. The Morgan fingerprint density at radius 3 is 2.74 bits per heavy atom. The molecule has 1 amide bonds. The van der Waals surface area contributed by atoms with Gasteiger partial charge in [0, 0.05) is 28.2 Å². The number of hydrogen-bond donors (Lipinski definition) is 1. The number of nitrogens with one attached hydrogen (secondary N) is 1. The maximum atomic E-state index is 13.3. The molecular weight excluding hydrogens is 391 g/mol. The number of pyridine rings is 1. The average Bonchev–Trinajstić information content (AvgIpc) is 3.32. The van der Waals surface area contributed by atoms with E-state index in [9.17, 15) is 9.18 Å². The Labute approximate surface area is 161 Å². The molecular formula is C18H10ClFN4O2S. The monoisotopic (exact) mass is 400 g/mol. The van der Waals surface area contributed by atoms with Crippen LogP contribution < -0.4 is 5.32 Å². The molecule has 0 bridgehead atoms. The molecule has 0 spiro atoms. The van der Waals surface area contributed by atoms with Crippen molar-refractivity contribution in [3.05, 3.63) is 71.0 Å². The maximum absolute atomic E-state index is 13.3. The van der Waals surface area contributed by atoms with Crippen LogP contribution in [0.1, 0.15) is 10.6 Å². The predicted molar refractivity (Wildman–Crippen MR) is 100 cm³/mol. The number of oxazole rings is 1. The summed E-state index contributed by atoms with van der Waals surface area (Å²) in [5, 5.41) is 5.25. The second-order valence-electron chi connectivity index (χ2n) is 5.39. The molecule has 0 unspecified atom stereocenters. The Balaban J connectivity index is 1.56. The van der Waals surface area contributed by atoms with Crippen molar-refractivity contribution >= 4 is 34.0 Å². The standard InChI is InChI=1S/C18H10ClFN4O2S/c19-11-3-1-10(2-4-11)15-16(26-9-22-15)17(25)24-18-23-14(8-27-18)13-7-12(20)5-6-21-13/h1-9H,(H,23,24,25). The van der Waals surface area contributed by atoms with Gasteiger partial charge in [-0.3, -0.25) is 15.1 Å². The predicted octanol–water partition coefficient (Wildman–Crippen LogP) is 4.90. The molecule has 0 atom stereocenters. The first-order chi connectivity index (χ1) is 13.1. The van der Waals surface area contributed by atoms with Crippen LogP contribution in [0.15, 0.2) is 58.8 Å². The van der Waals surface area contributed by atoms with Gasteiger partial charge < -0.3 is 4.42 Å². The van der Waals surface area contributed by atoms with E-state index in [-0.39, 0.29) is 5.76 Å². The van der Waals surface area contributed by atoms with Crippen LogP contribution in [0.5, 0.6) is 0 Å². The molecule has 6 nitrogen and oxygen atoms in total. The zero-order valence-electron chi connectivity index (χ0n) is 13.5. The summed E-state index contributed by atoms with van der Waals surface area (Å²) in [6.45, 7) is 0. The van der Waals surface area contributed by atoms with Crippen molar-refractivity contribution in [2.45, 2.75) is 0 Å². The number of nitrogens with zero attached hydrogens (tertiary/aromatic N) is 3. The lowest BCUT2D eigenvalue weighted by Crippen LogP contribution is -2.12. The summed E-state index contributed by atoms with van der Waals surface area (Å²) < 4.78 is 18.6. The minimum Gasteiger partial charge on any atom is -0.438 e. The number of carbonyl (C=O) groups excluding carboxylic acids is 1. The summed E-state index contributed by atoms with van der Waals surface area (Å²) in [7, 11) is 0. The Morgan fingerprint density at radius 2 is 1.96 bits per heavy atom. The topological polar surface area (TPSA) is 80.9 Å². The fraction of sp³-hybridized carbons (Fsp3) is 0. The first-order valence-electron chi connectivity index (χ1n) is 7.68. The zero-order valence-corrected chi connectivity index (χ0v) is 15.1. The number of anilines is 1. The van der Waals surface area contributed by atoms with Crippen LogP contribution in [-0.2, 0) is 0 Å². The molecule has 4 rings (SSSR count). The van der Waals surface area contributed by atoms with Crippen LogP contribution in [-0.4, -0.2) is 20.9 Å². The Bertz CT molecular complexity index is 1110. The first kappa shape index (κ1) is 17.3. The summed E-state index contributed by atoms with van der Waals surface area (Å²) >= 11 is 7.08. The number of rotatable bonds is 4. The third-order valence-electron chi connectivity index (χ3n) is 3.60. The molecule has 1 N–H and O–H groups in total. The van der Waals surface area contributed by atoms with Gasteiger partial charge in [-0.1, -0.05) is 23.7 Å². The largest absolute Gasteiger partial charge is 0.438 e. The summed E-state index contributed by atoms with van der Waals surface area (Å²) in [5.41, 5.74) is 1.94. The molecule has 0 aliphatic rings. The van der Waals surface area contributed by atoms with E-state index >= 15 is 0 Å². The highest BCUT2D eigenvalue weighted by atomic mass is 35.5. The van der Waals surface area contributed by atoms with E-state index in [2.05, 4.69) is 20.3 Å². The fourth-order valence-corrected chi connectivity index (χ4v) is 3.19. The minimum atomic E-state index is -0.495. The quantitative estimate of drug-likeness (QED) is 0.526. The number of benzene rings is 1. The molecule has 27 heavy (non-hydrogen) atoms. The lowest BCUT2D eigenvalue weighted by Gasteiger charge is -2.02. The van der Waals surface area contributed by atoms with E-state index in [1.165, 1.54) is 36.1 Å². The highest BCUT2D eigenvalue weighted by molar-refractivity contribution is 7.14. The number of thiazole rings is 1. The molecule has 0 aliphatic heterocycles. The number of aromatic nitrogens is 3. The van der Waals surface area contributed by atoms with Crippen molar-refractivity contribution in [3.8, 4) is 22.6 Å². The molecule has 4 aromatic rings. The smallest absolute Gasteiger partial charge is 0.295 e. The second kappa shape index (κ2) is 7.26. The molecule has 134 valence electrons. The number of halogens is 2. The van der Waals surface area contributed by atoms with Crippen molar-refractivity contribution in [2.75, 3.05) is 5.32 Å². The van der Waals surface area contributed by atoms with Crippen molar-refractivity contribution < 1.29 is 13.6 Å². The van der Waals surface area contributed by atoms with Crippen molar-refractivity contribution in [2.24, 2.45) is 0 Å². The van der Waals surface area contributed by atoms with Gasteiger partial charge in [-0.25, -0.2) is 14.4 Å². The molecule has 9 heteroatoms. The molecule has 0 radical (unpaired) electrons. The molecule has 3 aromatic heterocycles. The van der Waals surface area contributed by atoms with Crippen LogP contribution in [0.2, 0.25) is 5.02 Å². The van der Waals surface area contributed by atoms with Crippen LogP contribution in [0.25, 0.3) is 22.6 Å². The van der Waals surface area contributed by atoms with Crippen LogP contribution in [0.3, 0.4) is 0 Å². The third-order valence-corrected chi connectivity index (χ3v) is 4.61. The van der Waals surface area contributed by atoms with Crippen molar-refractivity contribution in [3.63, 3.8) is 0 Å². The van der Waals surface area contributed by atoms with Gasteiger partial charge in [-0.05, 0) is 18.2 Å². The highest BCUT2D eigenvalue weighted by Gasteiger charge is 2.20. The molecule has 0 fully saturated rings. The van der Waals surface area contributed by atoms with Gasteiger partial charge in [0.2, 0.25) is 5.76 Å². The third kappa shape index (κ3) is 3.71. The number of carbonyl (C=O) groups is 1. The lowest BCUT2D eigenvalue weighted by molar-refractivity contribution is 0.0997. The van der Waals surface area contributed by atoms with E-state index in [4.69, 9.17) is 16.0 Å². The molecule has 1 aromatic carbocycles. The Hall–Kier alpha value is -3.10. The summed E-state index contributed by atoms with van der Waals surface area (Å²) in [6.07, 6.45) is 2.55. The summed E-state index contributed by atoms with van der Waals surface area (Å²) in [5.74, 6) is -0.851. The van der Waals surface area contributed by atoms with Crippen molar-refractivity contribution in [1.29, 1.82) is 0 Å². The number of amides is 1. The van der Waals surface area contributed by atoms with E-state index in [0.29, 0.717) is 32.8 Å². The average molecular weight is 401 g/mol. The molecule has 3 heterocycles. The number of hydrogen-bond acceptors (Lipinski definition) is 6. The van der Waals surface area contributed by atoms with Crippen LogP contribution in [0, 0.1) is 5.82 Å². The van der Waals surface area contributed by atoms with Gasteiger partial charge in [0.25, 0.3) is 5.91 Å². The van der Waals surface area contributed by atoms with Gasteiger partial charge in [0.1, 0.15) is 17.2 Å². The van der Waals surface area contributed by atoms with Crippen molar-refractivity contribution in [1.82, 2.24) is 15.0 Å². The highest BCUT2D eigenvalue weighted by Crippen LogP contribution is 2.27. The molecule has 0 aliphatic carbocycles. The zero-order chi connectivity index (χ0) is 18.8. The summed E-state index contributed by atoms with van der Waals surface area (Å²) in [6, 6.07) is 9.41. The normalized spacial score (nSPS) is 10.7. The van der Waals surface area contributed by atoms with Gasteiger partial charge in [-0.15, -0.1) is 11.3 Å². The van der Waals surface area contributed by atoms with E-state index < -0.39 is 11.7 Å². The Morgan fingerprint density at radius 1 is 1.15 bits per heavy atom. The van der Waals surface area contributed by atoms with Gasteiger partial charge in [-0.2, -0.15) is 0 Å². The second-order valence-corrected chi connectivity index (χ2v) is 6.68. The van der Waals surface area contributed by atoms with Crippen LogP contribution in [0.4, 0.5) is 9.52 Å². The van der Waals surface area contributed by atoms with E-state index in [1.807, 2.05) is 0 Å². The van der Waals surface area contributed by atoms with Crippen LogP contribution >= 0.6 is 22.9 Å². The van der Waals surface area contributed by atoms with E-state index in [0.717, 1.165) is 0 Å². The fourth-order valence-electron chi connectivity index (χ4n) is 2.37. The SMILES string of the molecule is O=C(Nc1nc(-c2cc(F)ccn2)cs1)c1ocnc1-c1ccc(Cl)cc1. The maximum Gasteiger partial charge on any atom is 0.295 e. The molecule has 0 saturated heterocycles. The van der Waals surface area contributed by atoms with Gasteiger partial charge in [0.05, 0.1) is 5.69 Å². The van der Waals surface area contributed by atoms with Gasteiger partial charge >= 0.3 is 0 Å². The first-order valence-corrected chi connectivity index (χ1v) is 8.94. The lowest BCUT2D eigenvalue weighted by atomic mass is 10.1. The minimum absolute atomic E-state index is 0.0537. The van der Waals surface area contributed by atoms with Gasteiger partial charge in [0.15, 0.2) is 11.5 Å². The molecule has 0 saturated carbocycles. The van der Waals surface area contributed by atoms with E-state index in [1.54, 1.807) is 29.6 Å². The summed E-state index contributed by atoms with van der Waals surface area (Å²) in [4.78, 5) is 25.0.